The number of halogens is 3. The van der Waals surface area contributed by atoms with E-state index in [2.05, 4.69) is 17.6 Å². The minimum absolute atomic E-state index is 0.338. The summed E-state index contributed by atoms with van der Waals surface area (Å²) in [7, 11) is 0. The first kappa shape index (κ1) is 27.2. The van der Waals surface area contributed by atoms with Gasteiger partial charge < -0.3 is 15.7 Å². The maximum Gasteiger partial charge on any atom is 0.416 e. The molecule has 1 unspecified atom stereocenters. The van der Waals surface area contributed by atoms with Crippen LogP contribution in [0.4, 0.5) is 18.9 Å². The SMILES string of the molecule is CCCCCCCCCCC(O)CNc1ccc(CNCc2ccc(C(F)(F)F)cc2)cc1. The molecule has 2 aromatic rings. The summed E-state index contributed by atoms with van der Waals surface area (Å²) in [6.07, 6.45) is 6.31. The Hall–Kier alpha value is -2.05. The van der Waals surface area contributed by atoms with Crippen molar-refractivity contribution in [1.29, 1.82) is 0 Å². The molecule has 0 bridgehead atoms. The summed E-state index contributed by atoms with van der Waals surface area (Å²) in [6.45, 7) is 3.91. The van der Waals surface area contributed by atoms with Crippen molar-refractivity contribution in [1.82, 2.24) is 5.32 Å². The van der Waals surface area contributed by atoms with E-state index in [1.165, 1.54) is 57.1 Å². The van der Waals surface area contributed by atoms with E-state index in [0.29, 0.717) is 19.6 Å². The molecule has 2 aromatic carbocycles. The van der Waals surface area contributed by atoms with E-state index < -0.39 is 11.7 Å². The van der Waals surface area contributed by atoms with Crippen molar-refractivity contribution in [3.05, 3.63) is 65.2 Å². The minimum atomic E-state index is -4.30. The smallest absolute Gasteiger partial charge is 0.391 e. The number of aliphatic hydroxyl groups is 1. The van der Waals surface area contributed by atoms with Crippen LogP contribution in [0.2, 0.25) is 0 Å². The molecule has 0 saturated carbocycles. The molecule has 0 spiro atoms. The van der Waals surface area contributed by atoms with Gasteiger partial charge in [0.1, 0.15) is 0 Å². The van der Waals surface area contributed by atoms with E-state index in [9.17, 15) is 18.3 Å². The Morgan fingerprint density at radius 2 is 1.27 bits per heavy atom. The van der Waals surface area contributed by atoms with Gasteiger partial charge in [-0.25, -0.2) is 0 Å². The molecule has 0 aliphatic rings. The molecule has 0 amide bonds. The van der Waals surface area contributed by atoms with Gasteiger partial charge >= 0.3 is 6.18 Å². The van der Waals surface area contributed by atoms with Crippen molar-refractivity contribution >= 4 is 5.69 Å². The zero-order chi connectivity index (χ0) is 23.9. The highest BCUT2D eigenvalue weighted by atomic mass is 19.4. The van der Waals surface area contributed by atoms with Crippen LogP contribution in [0.15, 0.2) is 48.5 Å². The highest BCUT2D eigenvalue weighted by Gasteiger charge is 2.29. The van der Waals surface area contributed by atoms with Crippen LogP contribution in [0.3, 0.4) is 0 Å². The Labute approximate surface area is 196 Å². The highest BCUT2D eigenvalue weighted by Crippen LogP contribution is 2.29. The normalized spacial score (nSPS) is 12.6. The van der Waals surface area contributed by atoms with Gasteiger partial charge in [0.2, 0.25) is 0 Å². The molecule has 2 rings (SSSR count). The predicted octanol–water partition coefficient (Wildman–Crippen LogP) is 7.30. The molecule has 1 atom stereocenters. The molecule has 0 saturated heterocycles. The largest absolute Gasteiger partial charge is 0.416 e. The average Bonchev–Trinajstić information content (AvgIpc) is 2.80. The predicted molar refractivity (Wildman–Crippen MR) is 130 cm³/mol. The minimum Gasteiger partial charge on any atom is -0.391 e. The maximum atomic E-state index is 12.6. The number of unbranched alkanes of at least 4 members (excludes halogenated alkanes) is 7. The number of hydrogen-bond donors (Lipinski definition) is 3. The lowest BCUT2D eigenvalue weighted by atomic mass is 10.1. The summed E-state index contributed by atoms with van der Waals surface area (Å²) in [4.78, 5) is 0. The number of nitrogens with one attached hydrogen (secondary N) is 2. The van der Waals surface area contributed by atoms with Crippen molar-refractivity contribution in [2.45, 2.75) is 90.1 Å². The molecule has 33 heavy (non-hydrogen) atoms. The molecule has 0 aliphatic heterocycles. The quantitative estimate of drug-likeness (QED) is 0.228. The Kier molecular flexibility index (Phi) is 12.3. The second kappa shape index (κ2) is 15.0. The Morgan fingerprint density at radius 1 is 0.758 bits per heavy atom. The fourth-order valence-corrected chi connectivity index (χ4v) is 3.75. The third kappa shape index (κ3) is 11.6. The van der Waals surface area contributed by atoms with Crippen LogP contribution in [0, 0.1) is 0 Å². The Morgan fingerprint density at radius 3 is 1.82 bits per heavy atom. The molecule has 0 aromatic heterocycles. The fourth-order valence-electron chi connectivity index (χ4n) is 3.75. The summed E-state index contributed by atoms with van der Waals surface area (Å²) >= 11 is 0. The third-order valence-electron chi connectivity index (χ3n) is 5.83. The monoisotopic (exact) mass is 464 g/mol. The topological polar surface area (TPSA) is 44.3 Å². The molecule has 0 radical (unpaired) electrons. The van der Waals surface area contributed by atoms with Crippen LogP contribution in [0.5, 0.6) is 0 Å². The van der Waals surface area contributed by atoms with Crippen LogP contribution in [-0.2, 0) is 19.3 Å². The summed E-state index contributed by atoms with van der Waals surface area (Å²) < 4.78 is 37.9. The van der Waals surface area contributed by atoms with Crippen LogP contribution in [0.1, 0.15) is 81.4 Å². The highest BCUT2D eigenvalue weighted by molar-refractivity contribution is 5.44. The zero-order valence-electron chi connectivity index (χ0n) is 19.8. The van der Waals surface area contributed by atoms with Crippen molar-refractivity contribution in [2.75, 3.05) is 11.9 Å². The van der Waals surface area contributed by atoms with Crippen molar-refractivity contribution in [3.63, 3.8) is 0 Å². The maximum absolute atomic E-state index is 12.6. The van der Waals surface area contributed by atoms with Gasteiger partial charge in [0.05, 0.1) is 11.7 Å². The van der Waals surface area contributed by atoms with Crippen LogP contribution >= 0.6 is 0 Å². The van der Waals surface area contributed by atoms with Crippen LogP contribution in [0.25, 0.3) is 0 Å². The molecular weight excluding hydrogens is 425 g/mol. The van der Waals surface area contributed by atoms with Crippen molar-refractivity contribution in [2.24, 2.45) is 0 Å². The van der Waals surface area contributed by atoms with Gasteiger partial charge in [0, 0.05) is 25.3 Å². The van der Waals surface area contributed by atoms with Crippen LogP contribution < -0.4 is 10.6 Å². The number of anilines is 1. The molecule has 3 nitrogen and oxygen atoms in total. The van der Waals surface area contributed by atoms with Gasteiger partial charge in [-0.3, -0.25) is 0 Å². The van der Waals surface area contributed by atoms with Gasteiger partial charge in [-0.05, 0) is 41.8 Å². The van der Waals surface area contributed by atoms with Crippen molar-refractivity contribution in [3.8, 4) is 0 Å². The molecule has 0 heterocycles. The molecule has 0 aliphatic carbocycles. The van der Waals surface area contributed by atoms with E-state index in [1.807, 2.05) is 24.3 Å². The van der Waals surface area contributed by atoms with E-state index >= 15 is 0 Å². The molecule has 0 fully saturated rings. The number of aliphatic hydroxyl groups excluding tert-OH is 1. The Balaban J connectivity index is 1.58. The summed E-state index contributed by atoms with van der Waals surface area (Å²) in [5, 5.41) is 16.7. The van der Waals surface area contributed by atoms with Gasteiger partial charge in [-0.2, -0.15) is 13.2 Å². The molecule has 6 heteroatoms. The standard InChI is InChI=1S/C27H39F3N2O/c1-2-3-4-5-6-7-8-9-10-26(33)21-32-25-17-13-23(14-18-25)20-31-19-22-11-15-24(16-12-22)27(28,29)30/h11-18,26,31-33H,2-10,19-21H2,1H3. The summed E-state index contributed by atoms with van der Waals surface area (Å²) in [5.41, 5.74) is 2.24. The molecular formula is C27H39F3N2O. The lowest BCUT2D eigenvalue weighted by Crippen LogP contribution is -2.19. The van der Waals surface area contributed by atoms with Gasteiger partial charge in [-0.1, -0.05) is 82.6 Å². The van der Waals surface area contributed by atoms with Gasteiger partial charge in [-0.15, -0.1) is 0 Å². The summed E-state index contributed by atoms with van der Waals surface area (Å²) in [5.74, 6) is 0. The summed E-state index contributed by atoms with van der Waals surface area (Å²) in [6, 6.07) is 13.2. The third-order valence-corrected chi connectivity index (χ3v) is 5.83. The molecule has 3 N–H and O–H groups in total. The van der Waals surface area contributed by atoms with Crippen LogP contribution in [-0.4, -0.2) is 17.8 Å². The van der Waals surface area contributed by atoms with Gasteiger partial charge in [0.15, 0.2) is 0 Å². The first-order chi connectivity index (χ1) is 15.9. The van der Waals surface area contributed by atoms with E-state index in [-0.39, 0.29) is 6.10 Å². The molecule has 184 valence electrons. The lowest BCUT2D eigenvalue weighted by molar-refractivity contribution is -0.137. The van der Waals surface area contributed by atoms with Gasteiger partial charge in [0.25, 0.3) is 0 Å². The van der Waals surface area contributed by atoms with E-state index in [0.717, 1.165) is 41.8 Å². The average molecular weight is 465 g/mol. The number of benzene rings is 2. The zero-order valence-corrected chi connectivity index (χ0v) is 19.8. The number of alkyl halides is 3. The lowest BCUT2D eigenvalue weighted by Gasteiger charge is -2.13. The first-order valence-electron chi connectivity index (χ1n) is 12.3. The number of rotatable bonds is 16. The number of hydrogen-bond acceptors (Lipinski definition) is 3. The fraction of sp³-hybridized carbons (Fsp3) is 0.556. The second-order valence-electron chi connectivity index (χ2n) is 8.79. The van der Waals surface area contributed by atoms with E-state index in [1.54, 1.807) is 0 Å². The first-order valence-corrected chi connectivity index (χ1v) is 12.3. The van der Waals surface area contributed by atoms with E-state index in [4.69, 9.17) is 0 Å². The Bertz CT molecular complexity index is 760. The second-order valence-corrected chi connectivity index (χ2v) is 8.79. The van der Waals surface area contributed by atoms with Crippen molar-refractivity contribution < 1.29 is 18.3 Å².